The minimum atomic E-state index is -4.03. The number of carbonyl (C=O) groups is 1. The summed E-state index contributed by atoms with van der Waals surface area (Å²) in [5.74, 6) is -0.919. The van der Waals surface area contributed by atoms with Crippen LogP contribution in [-0.2, 0) is 30.7 Å². The van der Waals surface area contributed by atoms with Crippen molar-refractivity contribution in [2.75, 3.05) is 32.0 Å². The molecule has 2 fully saturated rings. The van der Waals surface area contributed by atoms with Crippen molar-refractivity contribution in [2.45, 2.75) is 56.1 Å². The number of ether oxygens (including phenoxy) is 3. The third kappa shape index (κ3) is 7.03. The van der Waals surface area contributed by atoms with Crippen LogP contribution >= 0.6 is 0 Å². The van der Waals surface area contributed by atoms with E-state index in [1.54, 1.807) is 24.3 Å². The first-order valence-corrected chi connectivity index (χ1v) is 14.0. The number of rotatable bonds is 11. The molecule has 2 heterocycles. The highest BCUT2D eigenvalue weighted by Gasteiger charge is 2.44. The van der Waals surface area contributed by atoms with Gasteiger partial charge in [0, 0.05) is 18.8 Å². The molecule has 0 spiro atoms. The number of aliphatic hydroxyl groups excluding tert-OH is 1. The summed E-state index contributed by atoms with van der Waals surface area (Å²) in [6.07, 6.45) is -5.56. The van der Waals surface area contributed by atoms with Crippen molar-refractivity contribution in [2.24, 2.45) is 11.8 Å². The van der Waals surface area contributed by atoms with Crippen LogP contribution in [0.2, 0.25) is 0 Å². The summed E-state index contributed by atoms with van der Waals surface area (Å²) in [7, 11) is -4.03. The average molecular weight is 551 g/mol. The van der Waals surface area contributed by atoms with Crippen molar-refractivity contribution in [3.8, 4) is 0 Å². The number of sulfonamides is 1. The van der Waals surface area contributed by atoms with E-state index in [9.17, 15) is 18.3 Å². The molecule has 2 saturated heterocycles. The number of aliphatic hydroxyl groups is 1. The van der Waals surface area contributed by atoms with Crippen LogP contribution in [0.5, 0.6) is 0 Å². The fraction of sp³-hybridized carbons (Fsp3) is 0.519. The summed E-state index contributed by atoms with van der Waals surface area (Å²) >= 11 is 0. The maximum absolute atomic E-state index is 13.5. The van der Waals surface area contributed by atoms with Gasteiger partial charge in [0.2, 0.25) is 10.0 Å². The lowest BCUT2D eigenvalue weighted by Gasteiger charge is -2.31. The second-order valence-electron chi connectivity index (χ2n) is 9.90. The first-order chi connectivity index (χ1) is 19.2. The Bertz CT molecular complexity index is 1300. The van der Waals surface area contributed by atoms with Crippen LogP contribution in [0.4, 0.5) is 10.5 Å². The van der Waals surface area contributed by atoms with E-state index in [1.165, 1.54) is 24.3 Å². The number of nitrogen functional groups attached to an aromatic ring is 1. The number of amides is 1. The van der Waals surface area contributed by atoms with Crippen LogP contribution in [0.3, 0.4) is 0 Å². The van der Waals surface area contributed by atoms with Crippen LogP contribution in [0.25, 0.3) is 0 Å². The molecule has 2 aliphatic rings. The standard InChI is InChI=1S/C27H37N3O7S/c1-18(2)15-30(38(33,34)21-10-8-20(28)9-11-21)16-24(31)23(14-19-6-4-3-5-7-19)29-27(32)37-25-17-36-26-22(25)12-13-35-26/h3-11,18,22-26,31H,12-17,28H2,1-2H3,(H,29,32)/t22-,23-,24+,25-,26+/m0/s1/i17D2,25D. The zero-order valence-electron chi connectivity index (χ0n) is 24.4. The van der Waals surface area contributed by atoms with Crippen LogP contribution in [0, 0.1) is 11.8 Å². The molecule has 1 amide bonds. The van der Waals surface area contributed by atoms with Crippen LogP contribution in [-0.4, -0.2) is 74.7 Å². The smallest absolute Gasteiger partial charge is 0.407 e. The Kier molecular flexibility index (Phi) is 7.97. The molecule has 0 saturated carbocycles. The van der Waals surface area contributed by atoms with E-state index in [-0.39, 0.29) is 43.4 Å². The van der Waals surface area contributed by atoms with E-state index in [4.69, 9.17) is 24.1 Å². The molecular formula is C27H37N3O7S. The van der Waals surface area contributed by atoms with E-state index < -0.39 is 53.1 Å². The third-order valence-electron chi connectivity index (χ3n) is 6.40. The van der Waals surface area contributed by atoms with E-state index in [2.05, 4.69) is 5.32 Å². The summed E-state index contributed by atoms with van der Waals surface area (Å²) < 4.78 is 69.1. The minimum Gasteiger partial charge on any atom is -0.443 e. The van der Waals surface area contributed by atoms with Gasteiger partial charge < -0.3 is 30.4 Å². The molecule has 0 aromatic heterocycles. The fourth-order valence-electron chi connectivity index (χ4n) is 4.46. The van der Waals surface area contributed by atoms with Gasteiger partial charge in [0.25, 0.3) is 0 Å². The Hall–Kier alpha value is -2.70. The molecular weight excluding hydrogens is 510 g/mol. The summed E-state index contributed by atoms with van der Waals surface area (Å²) in [5.41, 5.74) is 6.88. The quantitative estimate of drug-likeness (QED) is 0.362. The van der Waals surface area contributed by atoms with Crippen molar-refractivity contribution < 1.29 is 36.6 Å². The number of nitrogens with one attached hydrogen (secondary N) is 1. The van der Waals surface area contributed by atoms with E-state index in [1.807, 2.05) is 19.9 Å². The average Bonchev–Trinajstić information content (AvgIpc) is 3.42. The summed E-state index contributed by atoms with van der Waals surface area (Å²) in [6.45, 7) is 1.05. The van der Waals surface area contributed by atoms with E-state index in [0.29, 0.717) is 5.69 Å². The highest BCUT2D eigenvalue weighted by molar-refractivity contribution is 7.89. The summed E-state index contributed by atoms with van der Waals surface area (Å²) in [4.78, 5) is 13.1. The maximum Gasteiger partial charge on any atom is 0.407 e. The molecule has 0 radical (unpaired) electrons. The zero-order chi connectivity index (χ0) is 30.0. The Balaban J connectivity index is 1.56. The number of benzene rings is 2. The highest BCUT2D eigenvalue weighted by atomic mass is 32.2. The number of nitrogens with zero attached hydrogens (tertiary/aromatic N) is 1. The van der Waals surface area contributed by atoms with Gasteiger partial charge in [-0.3, -0.25) is 0 Å². The highest BCUT2D eigenvalue weighted by Crippen LogP contribution is 2.33. The Labute approximate surface area is 228 Å². The van der Waals surface area contributed by atoms with Gasteiger partial charge in [-0.25, -0.2) is 13.2 Å². The van der Waals surface area contributed by atoms with Crippen LogP contribution in [0.15, 0.2) is 59.5 Å². The third-order valence-corrected chi connectivity index (χ3v) is 8.24. The van der Waals surface area contributed by atoms with Crippen LogP contribution in [0.1, 0.15) is 29.9 Å². The second-order valence-corrected chi connectivity index (χ2v) is 11.8. The molecule has 11 heteroatoms. The molecule has 0 aliphatic carbocycles. The SMILES string of the molecule is [2H]C1([2H])O[C@H]2OCC[C@H]2[C@@]1([2H])OC(=O)N[C@@H](Cc1ccccc1)[C@H](O)CN(CC(C)C)S(=O)(=O)c1ccc(N)cc1. The van der Waals surface area contributed by atoms with Crippen molar-refractivity contribution >= 4 is 21.8 Å². The fourth-order valence-corrected chi connectivity index (χ4v) is 6.08. The lowest BCUT2D eigenvalue weighted by atomic mass is 10.0. The molecule has 4 rings (SSSR count). The molecule has 10 nitrogen and oxygen atoms in total. The van der Waals surface area contributed by atoms with Gasteiger partial charge in [0.1, 0.15) is 6.08 Å². The number of fused-ring (bicyclic) bond motifs is 1. The summed E-state index contributed by atoms with van der Waals surface area (Å²) in [5, 5.41) is 13.9. The van der Waals surface area contributed by atoms with Gasteiger partial charge in [-0.2, -0.15) is 4.31 Å². The Morgan fingerprint density at radius 3 is 2.61 bits per heavy atom. The van der Waals surface area contributed by atoms with Gasteiger partial charge in [0.15, 0.2) is 6.29 Å². The molecule has 38 heavy (non-hydrogen) atoms. The number of anilines is 1. The van der Waals surface area contributed by atoms with Gasteiger partial charge in [-0.05, 0) is 48.6 Å². The molecule has 208 valence electrons. The molecule has 2 aromatic rings. The maximum atomic E-state index is 13.5. The normalized spacial score (nSPS) is 27.2. The van der Waals surface area contributed by atoms with Gasteiger partial charge in [-0.1, -0.05) is 44.2 Å². The first kappa shape index (κ1) is 24.3. The number of carbonyl (C=O) groups excluding carboxylic acids is 1. The van der Waals surface area contributed by atoms with E-state index >= 15 is 0 Å². The second kappa shape index (κ2) is 12.4. The molecule has 0 unspecified atom stereocenters. The number of nitrogens with two attached hydrogens (primary N) is 1. The number of hydrogen-bond acceptors (Lipinski definition) is 8. The predicted molar refractivity (Wildman–Crippen MR) is 142 cm³/mol. The molecule has 4 N–H and O–H groups in total. The minimum absolute atomic E-state index is 0.0134. The predicted octanol–water partition coefficient (Wildman–Crippen LogP) is 2.38. The molecule has 5 atom stereocenters. The summed E-state index contributed by atoms with van der Waals surface area (Å²) in [6, 6.07) is 13.7. The molecule has 0 bridgehead atoms. The lowest BCUT2D eigenvalue weighted by Crippen LogP contribution is -2.51. The zero-order valence-corrected chi connectivity index (χ0v) is 22.3. The van der Waals surface area contributed by atoms with Crippen molar-refractivity contribution in [3.63, 3.8) is 0 Å². The van der Waals surface area contributed by atoms with Gasteiger partial charge in [-0.15, -0.1) is 0 Å². The lowest BCUT2D eigenvalue weighted by molar-refractivity contribution is -0.0907. The Morgan fingerprint density at radius 1 is 1.21 bits per heavy atom. The van der Waals surface area contributed by atoms with Gasteiger partial charge in [0.05, 0.1) is 40.2 Å². The van der Waals surface area contributed by atoms with Crippen molar-refractivity contribution in [1.82, 2.24) is 9.62 Å². The molecule has 2 aliphatic heterocycles. The van der Waals surface area contributed by atoms with Gasteiger partial charge >= 0.3 is 6.09 Å². The first-order valence-electron chi connectivity index (χ1n) is 14.1. The molecule has 2 aromatic carbocycles. The van der Waals surface area contributed by atoms with Crippen molar-refractivity contribution in [3.05, 3.63) is 60.2 Å². The Morgan fingerprint density at radius 2 is 1.92 bits per heavy atom. The monoisotopic (exact) mass is 550 g/mol. The number of alkyl carbamates (subject to hydrolysis) is 1. The van der Waals surface area contributed by atoms with Crippen molar-refractivity contribution in [1.29, 1.82) is 0 Å². The number of hydrogen-bond donors (Lipinski definition) is 3. The topological polar surface area (TPSA) is 140 Å². The van der Waals surface area contributed by atoms with E-state index in [0.717, 1.165) is 9.87 Å². The van der Waals surface area contributed by atoms with Crippen LogP contribution < -0.4 is 11.1 Å². The largest absolute Gasteiger partial charge is 0.443 e.